The van der Waals surface area contributed by atoms with E-state index in [0.717, 1.165) is 18.5 Å². The highest BCUT2D eigenvalue weighted by atomic mass is 16.2. The molecule has 24 heavy (non-hydrogen) atoms. The number of aromatic nitrogens is 1. The minimum atomic E-state index is -0.121. The highest BCUT2D eigenvalue weighted by Crippen LogP contribution is 2.17. The third-order valence-electron chi connectivity index (χ3n) is 3.99. The molecule has 0 fully saturated rings. The number of carbonyl (C=O) groups is 2. The average molecular weight is 330 g/mol. The molecular weight excluding hydrogens is 304 g/mol. The molecule has 0 saturated carbocycles. The number of H-pyrrole nitrogens is 1. The smallest absolute Gasteiger partial charge is 0.239 e. The molecule has 0 aliphatic heterocycles. The number of hydrogen-bond acceptors (Lipinski definition) is 3. The van der Waals surface area contributed by atoms with Gasteiger partial charge in [0.15, 0.2) is 0 Å². The lowest BCUT2D eigenvalue weighted by Gasteiger charge is -2.22. The van der Waals surface area contributed by atoms with Crippen LogP contribution in [-0.4, -0.2) is 66.9 Å². The van der Waals surface area contributed by atoms with Gasteiger partial charge in [-0.25, -0.2) is 0 Å². The van der Waals surface area contributed by atoms with Crippen LogP contribution in [0.3, 0.4) is 0 Å². The zero-order valence-electron chi connectivity index (χ0n) is 14.6. The molecule has 130 valence electrons. The third-order valence-corrected chi connectivity index (χ3v) is 3.99. The van der Waals surface area contributed by atoms with Gasteiger partial charge in [-0.1, -0.05) is 18.2 Å². The Bertz CT molecular complexity index is 693. The normalized spacial score (nSPS) is 11.0. The van der Waals surface area contributed by atoms with Gasteiger partial charge in [-0.2, -0.15) is 0 Å². The summed E-state index contributed by atoms with van der Waals surface area (Å²) in [4.78, 5) is 30.5. The van der Waals surface area contributed by atoms with Crippen molar-refractivity contribution < 1.29 is 9.59 Å². The predicted molar refractivity (Wildman–Crippen MR) is 95.8 cm³/mol. The van der Waals surface area contributed by atoms with E-state index < -0.39 is 0 Å². The molecule has 2 aromatic rings. The molecule has 1 heterocycles. The maximum atomic E-state index is 12.1. The van der Waals surface area contributed by atoms with Gasteiger partial charge in [0.05, 0.1) is 6.54 Å². The molecule has 0 spiro atoms. The summed E-state index contributed by atoms with van der Waals surface area (Å²) in [5.74, 6) is -0.201. The molecule has 0 aliphatic carbocycles. The second kappa shape index (κ2) is 8.49. The number of carbonyl (C=O) groups excluding carboxylic acids is 2. The van der Waals surface area contributed by atoms with Gasteiger partial charge in [0.1, 0.15) is 0 Å². The molecule has 6 heteroatoms. The number of para-hydroxylation sites is 1. The minimum Gasteiger partial charge on any atom is -0.361 e. The van der Waals surface area contributed by atoms with Crippen molar-refractivity contribution in [3.8, 4) is 0 Å². The van der Waals surface area contributed by atoms with Gasteiger partial charge in [0.2, 0.25) is 11.8 Å². The summed E-state index contributed by atoms with van der Waals surface area (Å²) in [5, 5.41) is 4.08. The number of hydrogen-bond donors (Lipinski definition) is 2. The molecule has 6 nitrogen and oxygen atoms in total. The van der Waals surface area contributed by atoms with Crippen LogP contribution in [-0.2, 0) is 16.0 Å². The van der Waals surface area contributed by atoms with E-state index in [2.05, 4.69) is 16.4 Å². The second-order valence-corrected chi connectivity index (χ2v) is 6.20. The molecule has 0 saturated heterocycles. The van der Waals surface area contributed by atoms with Crippen LogP contribution >= 0.6 is 0 Å². The maximum Gasteiger partial charge on any atom is 0.239 e. The van der Waals surface area contributed by atoms with Gasteiger partial charge in [0, 0.05) is 43.7 Å². The lowest BCUT2D eigenvalue weighted by molar-refractivity contribution is -0.134. The number of nitrogens with zero attached hydrogens (tertiary/aromatic N) is 2. The zero-order chi connectivity index (χ0) is 17.5. The molecule has 2 N–H and O–H groups in total. The summed E-state index contributed by atoms with van der Waals surface area (Å²) in [5.41, 5.74) is 2.28. The van der Waals surface area contributed by atoms with Gasteiger partial charge in [-0.05, 0) is 32.1 Å². The standard InChI is InChI=1S/C18H26N4O2/c1-14(23)22(11-10-21(2)3)13-18(24)19-9-8-15-12-20-17-7-5-4-6-16(15)17/h4-7,12,20H,8-11,13H2,1-3H3,(H,19,24). The Morgan fingerprint density at radius 3 is 2.62 bits per heavy atom. The fourth-order valence-corrected chi connectivity index (χ4v) is 2.57. The van der Waals surface area contributed by atoms with E-state index in [1.807, 2.05) is 43.4 Å². The highest BCUT2D eigenvalue weighted by molar-refractivity contribution is 5.84. The van der Waals surface area contributed by atoms with E-state index in [9.17, 15) is 9.59 Å². The summed E-state index contributed by atoms with van der Waals surface area (Å²) >= 11 is 0. The van der Waals surface area contributed by atoms with Gasteiger partial charge in [-0.3, -0.25) is 9.59 Å². The molecule has 0 bridgehead atoms. The summed E-state index contributed by atoms with van der Waals surface area (Å²) in [6, 6.07) is 8.11. The van der Waals surface area contributed by atoms with E-state index in [0.29, 0.717) is 13.1 Å². The Morgan fingerprint density at radius 2 is 1.92 bits per heavy atom. The van der Waals surface area contributed by atoms with Crippen molar-refractivity contribution in [1.29, 1.82) is 0 Å². The second-order valence-electron chi connectivity index (χ2n) is 6.20. The van der Waals surface area contributed by atoms with Crippen LogP contribution < -0.4 is 5.32 Å². The van der Waals surface area contributed by atoms with Crippen LogP contribution in [0.25, 0.3) is 10.9 Å². The zero-order valence-corrected chi connectivity index (χ0v) is 14.6. The van der Waals surface area contributed by atoms with Crippen molar-refractivity contribution in [3.05, 3.63) is 36.0 Å². The molecule has 1 aromatic carbocycles. The summed E-state index contributed by atoms with van der Waals surface area (Å²) in [6.07, 6.45) is 2.74. The van der Waals surface area contributed by atoms with Crippen LogP contribution in [0.2, 0.25) is 0 Å². The molecule has 0 atom stereocenters. The number of benzene rings is 1. The van der Waals surface area contributed by atoms with Crippen molar-refractivity contribution >= 4 is 22.7 Å². The first-order valence-electron chi connectivity index (χ1n) is 8.19. The van der Waals surface area contributed by atoms with Crippen molar-refractivity contribution in [2.75, 3.05) is 40.3 Å². The quantitative estimate of drug-likeness (QED) is 0.765. The third kappa shape index (κ3) is 5.09. The largest absolute Gasteiger partial charge is 0.361 e. The van der Waals surface area contributed by atoms with Gasteiger partial charge >= 0.3 is 0 Å². The number of likely N-dealkylation sites (N-methyl/N-ethyl adjacent to an activating group) is 1. The average Bonchev–Trinajstić information content (AvgIpc) is 2.94. The number of nitrogens with one attached hydrogen (secondary N) is 2. The monoisotopic (exact) mass is 330 g/mol. The van der Waals surface area contributed by atoms with Crippen LogP contribution in [0.15, 0.2) is 30.5 Å². The Labute approximate surface area is 142 Å². The summed E-state index contributed by atoms with van der Waals surface area (Å²) < 4.78 is 0. The molecule has 1 aromatic heterocycles. The maximum absolute atomic E-state index is 12.1. The Kier molecular flexibility index (Phi) is 6.37. The first-order chi connectivity index (χ1) is 11.5. The topological polar surface area (TPSA) is 68.4 Å². The number of rotatable bonds is 8. The molecule has 0 unspecified atom stereocenters. The SMILES string of the molecule is CC(=O)N(CCN(C)C)CC(=O)NCCc1c[nH]c2ccccc12. The van der Waals surface area contributed by atoms with E-state index in [1.54, 1.807) is 4.90 Å². The first-order valence-corrected chi connectivity index (χ1v) is 8.19. The number of fused-ring (bicyclic) bond motifs is 1. The van der Waals surface area contributed by atoms with E-state index in [4.69, 9.17) is 0 Å². The van der Waals surface area contributed by atoms with Crippen LogP contribution in [0.4, 0.5) is 0 Å². The van der Waals surface area contributed by atoms with Gasteiger partial charge in [-0.15, -0.1) is 0 Å². The van der Waals surface area contributed by atoms with Crippen LogP contribution in [0.1, 0.15) is 12.5 Å². The molecule has 0 aliphatic rings. The lowest BCUT2D eigenvalue weighted by atomic mass is 10.1. The fourth-order valence-electron chi connectivity index (χ4n) is 2.57. The molecule has 2 amide bonds. The van der Waals surface area contributed by atoms with Gasteiger partial charge in [0.25, 0.3) is 0 Å². The predicted octanol–water partition coefficient (Wildman–Crippen LogP) is 1.24. The highest BCUT2D eigenvalue weighted by Gasteiger charge is 2.13. The fraction of sp³-hybridized carbons (Fsp3) is 0.444. The minimum absolute atomic E-state index is 0.0800. The van der Waals surface area contributed by atoms with E-state index in [-0.39, 0.29) is 18.4 Å². The molecule has 0 radical (unpaired) electrons. The Morgan fingerprint density at radius 1 is 1.17 bits per heavy atom. The number of amides is 2. The lowest BCUT2D eigenvalue weighted by Crippen LogP contribution is -2.43. The van der Waals surface area contributed by atoms with Crippen molar-refractivity contribution in [2.45, 2.75) is 13.3 Å². The van der Waals surface area contributed by atoms with Gasteiger partial charge < -0.3 is 20.1 Å². The van der Waals surface area contributed by atoms with E-state index >= 15 is 0 Å². The summed E-state index contributed by atoms with van der Waals surface area (Å²) in [6.45, 7) is 3.45. The van der Waals surface area contributed by atoms with Crippen molar-refractivity contribution in [1.82, 2.24) is 20.1 Å². The Hall–Kier alpha value is -2.34. The number of aromatic amines is 1. The van der Waals surface area contributed by atoms with Crippen LogP contribution in [0, 0.1) is 0 Å². The Balaban J connectivity index is 1.80. The van der Waals surface area contributed by atoms with Crippen molar-refractivity contribution in [2.24, 2.45) is 0 Å². The first kappa shape index (κ1) is 18.0. The molecular formula is C18H26N4O2. The van der Waals surface area contributed by atoms with Crippen molar-refractivity contribution in [3.63, 3.8) is 0 Å². The van der Waals surface area contributed by atoms with E-state index in [1.165, 1.54) is 17.9 Å². The molecule has 2 rings (SSSR count). The van der Waals surface area contributed by atoms with Crippen LogP contribution in [0.5, 0.6) is 0 Å². The summed E-state index contributed by atoms with van der Waals surface area (Å²) in [7, 11) is 3.89.